The minimum atomic E-state index is 0.623. The highest BCUT2D eigenvalue weighted by molar-refractivity contribution is 5.22. The van der Waals surface area contributed by atoms with Gasteiger partial charge in [-0.2, -0.15) is 0 Å². The van der Waals surface area contributed by atoms with Gasteiger partial charge in [0.25, 0.3) is 0 Å². The van der Waals surface area contributed by atoms with E-state index in [4.69, 9.17) is 0 Å². The fourth-order valence-corrected chi connectivity index (χ4v) is 1.09. The quantitative estimate of drug-likeness (QED) is 0.776. The summed E-state index contributed by atoms with van der Waals surface area (Å²) in [5, 5.41) is 7.17. The van der Waals surface area contributed by atoms with Gasteiger partial charge in [0.2, 0.25) is 5.95 Å². The van der Waals surface area contributed by atoms with Crippen LogP contribution in [0.25, 0.3) is 0 Å². The molecule has 72 valence electrons. The molecule has 0 unspecified atom stereocenters. The van der Waals surface area contributed by atoms with Crippen molar-refractivity contribution in [2.24, 2.45) is 7.05 Å². The van der Waals surface area contributed by atoms with Gasteiger partial charge in [0, 0.05) is 13.2 Å². The first-order valence-corrected chi connectivity index (χ1v) is 4.34. The third kappa shape index (κ3) is 2.07. The Bertz CT molecular complexity index is 395. The maximum absolute atomic E-state index is 4.18. The molecule has 0 radical (unpaired) electrons. The van der Waals surface area contributed by atoms with Gasteiger partial charge in [-0.15, -0.1) is 5.10 Å². The summed E-state index contributed by atoms with van der Waals surface area (Å²) < 4.78 is 1.65. The monoisotopic (exact) mass is 189 g/mol. The molecule has 0 atom stereocenters. The van der Waals surface area contributed by atoms with Crippen molar-refractivity contribution in [1.82, 2.24) is 19.7 Å². The van der Waals surface area contributed by atoms with Gasteiger partial charge in [0.1, 0.15) is 6.33 Å². The molecule has 5 heteroatoms. The van der Waals surface area contributed by atoms with Gasteiger partial charge in [-0.3, -0.25) is 9.67 Å². The molecule has 1 N–H and O–H groups in total. The lowest BCUT2D eigenvalue weighted by molar-refractivity contribution is 0.765. The van der Waals surface area contributed by atoms with Gasteiger partial charge in [-0.05, 0) is 12.1 Å². The number of rotatable bonds is 3. The van der Waals surface area contributed by atoms with E-state index in [-0.39, 0.29) is 0 Å². The third-order valence-electron chi connectivity index (χ3n) is 1.75. The van der Waals surface area contributed by atoms with E-state index in [1.807, 2.05) is 25.2 Å². The number of nitrogens with zero attached hydrogens (tertiary/aromatic N) is 4. The van der Waals surface area contributed by atoms with Crippen molar-refractivity contribution in [1.29, 1.82) is 0 Å². The molecule has 2 aromatic rings. The summed E-state index contributed by atoms with van der Waals surface area (Å²) in [6.07, 6.45) is 3.42. The Morgan fingerprint density at radius 2 is 2.29 bits per heavy atom. The zero-order chi connectivity index (χ0) is 9.80. The number of aromatic nitrogens is 4. The topological polar surface area (TPSA) is 55.6 Å². The molecule has 0 spiro atoms. The highest BCUT2D eigenvalue weighted by atomic mass is 15.4. The predicted octanol–water partition coefficient (Wildman–Crippen LogP) is 0.822. The zero-order valence-electron chi connectivity index (χ0n) is 7.88. The van der Waals surface area contributed by atoms with Crippen LogP contribution in [0.5, 0.6) is 0 Å². The van der Waals surface area contributed by atoms with E-state index in [2.05, 4.69) is 20.4 Å². The molecule has 0 saturated carbocycles. The summed E-state index contributed by atoms with van der Waals surface area (Å²) in [6, 6.07) is 5.80. The fourth-order valence-electron chi connectivity index (χ4n) is 1.09. The molecule has 0 aliphatic rings. The molecule has 2 aromatic heterocycles. The number of anilines is 1. The van der Waals surface area contributed by atoms with Crippen molar-refractivity contribution in [3.05, 3.63) is 36.4 Å². The van der Waals surface area contributed by atoms with Crippen molar-refractivity contribution in [2.45, 2.75) is 6.54 Å². The average Bonchev–Trinajstić information content (AvgIpc) is 2.63. The van der Waals surface area contributed by atoms with E-state index in [1.54, 1.807) is 17.2 Å². The molecule has 0 bridgehead atoms. The minimum absolute atomic E-state index is 0.623. The van der Waals surface area contributed by atoms with Crippen LogP contribution in [-0.4, -0.2) is 19.7 Å². The van der Waals surface area contributed by atoms with Crippen LogP contribution in [0.2, 0.25) is 0 Å². The molecule has 2 heterocycles. The second kappa shape index (κ2) is 3.87. The van der Waals surface area contributed by atoms with E-state index < -0.39 is 0 Å². The Morgan fingerprint density at radius 1 is 1.36 bits per heavy atom. The minimum Gasteiger partial charge on any atom is -0.347 e. The van der Waals surface area contributed by atoms with Gasteiger partial charge in [0.15, 0.2) is 0 Å². The third-order valence-corrected chi connectivity index (χ3v) is 1.75. The highest BCUT2D eigenvalue weighted by Crippen LogP contribution is 1.99. The van der Waals surface area contributed by atoms with Gasteiger partial charge < -0.3 is 5.32 Å². The summed E-state index contributed by atoms with van der Waals surface area (Å²) >= 11 is 0. The number of nitrogens with one attached hydrogen (secondary N) is 1. The van der Waals surface area contributed by atoms with Crippen molar-refractivity contribution >= 4 is 5.95 Å². The van der Waals surface area contributed by atoms with Crippen LogP contribution in [0, 0.1) is 0 Å². The normalized spacial score (nSPS) is 10.1. The van der Waals surface area contributed by atoms with Crippen molar-refractivity contribution in [3.63, 3.8) is 0 Å². The van der Waals surface area contributed by atoms with Crippen LogP contribution in [0.1, 0.15) is 5.69 Å². The molecule has 0 aromatic carbocycles. The Balaban J connectivity index is 1.95. The predicted molar refractivity (Wildman–Crippen MR) is 52.6 cm³/mol. The highest BCUT2D eigenvalue weighted by Gasteiger charge is 1.97. The lowest BCUT2D eigenvalue weighted by atomic mass is 10.3. The van der Waals surface area contributed by atoms with E-state index in [0.717, 1.165) is 5.69 Å². The van der Waals surface area contributed by atoms with E-state index in [0.29, 0.717) is 12.5 Å². The Morgan fingerprint density at radius 3 is 2.93 bits per heavy atom. The van der Waals surface area contributed by atoms with E-state index >= 15 is 0 Å². The maximum atomic E-state index is 4.18. The Labute approximate surface area is 81.8 Å². The average molecular weight is 189 g/mol. The summed E-state index contributed by atoms with van der Waals surface area (Å²) in [7, 11) is 1.83. The molecular formula is C9H11N5. The molecule has 0 aliphatic carbocycles. The van der Waals surface area contributed by atoms with Gasteiger partial charge in [0.05, 0.1) is 12.2 Å². The van der Waals surface area contributed by atoms with Gasteiger partial charge >= 0.3 is 0 Å². The molecule has 5 nitrogen and oxygen atoms in total. The summed E-state index contributed by atoms with van der Waals surface area (Å²) in [5.41, 5.74) is 0.972. The molecule has 0 aliphatic heterocycles. The van der Waals surface area contributed by atoms with Crippen LogP contribution >= 0.6 is 0 Å². The maximum Gasteiger partial charge on any atom is 0.242 e. The largest absolute Gasteiger partial charge is 0.347 e. The zero-order valence-corrected chi connectivity index (χ0v) is 7.88. The fraction of sp³-hybridized carbons (Fsp3) is 0.222. The SMILES string of the molecule is Cn1cnc(NCc2ccccn2)n1. The number of hydrogen-bond acceptors (Lipinski definition) is 4. The number of aryl methyl sites for hydroxylation is 1. The first-order valence-electron chi connectivity index (χ1n) is 4.34. The smallest absolute Gasteiger partial charge is 0.242 e. The van der Waals surface area contributed by atoms with Crippen molar-refractivity contribution < 1.29 is 0 Å². The first kappa shape index (κ1) is 8.68. The van der Waals surface area contributed by atoms with Crippen LogP contribution in [0.4, 0.5) is 5.95 Å². The molecule has 0 amide bonds. The molecule has 0 fully saturated rings. The molecule has 2 rings (SSSR count). The molecule has 0 saturated heterocycles. The summed E-state index contributed by atoms with van der Waals surface area (Å²) in [6.45, 7) is 0.644. The first-order chi connectivity index (χ1) is 6.84. The Kier molecular flexibility index (Phi) is 2.40. The van der Waals surface area contributed by atoms with Crippen LogP contribution < -0.4 is 5.32 Å². The molecule has 14 heavy (non-hydrogen) atoms. The summed E-state index contributed by atoms with van der Waals surface area (Å²) in [5.74, 6) is 0.623. The van der Waals surface area contributed by atoms with E-state index in [1.165, 1.54) is 0 Å². The lowest BCUT2D eigenvalue weighted by Gasteiger charge is -1.99. The standard InChI is InChI=1S/C9H11N5/c1-14-7-12-9(13-14)11-6-8-4-2-3-5-10-8/h2-5,7H,6H2,1H3,(H,11,13). The second-order valence-corrected chi connectivity index (χ2v) is 2.92. The number of pyridine rings is 1. The van der Waals surface area contributed by atoms with Gasteiger partial charge in [-0.1, -0.05) is 6.07 Å². The van der Waals surface area contributed by atoms with Crippen LogP contribution in [0.15, 0.2) is 30.7 Å². The van der Waals surface area contributed by atoms with Crippen LogP contribution in [-0.2, 0) is 13.6 Å². The Hall–Kier alpha value is -1.91. The molecular weight excluding hydrogens is 178 g/mol. The number of hydrogen-bond donors (Lipinski definition) is 1. The van der Waals surface area contributed by atoms with Crippen molar-refractivity contribution in [3.8, 4) is 0 Å². The second-order valence-electron chi connectivity index (χ2n) is 2.92. The lowest BCUT2D eigenvalue weighted by Crippen LogP contribution is -2.03. The van der Waals surface area contributed by atoms with E-state index in [9.17, 15) is 0 Å². The van der Waals surface area contributed by atoms with Crippen molar-refractivity contribution in [2.75, 3.05) is 5.32 Å². The summed E-state index contributed by atoms with van der Waals surface area (Å²) in [4.78, 5) is 8.22. The van der Waals surface area contributed by atoms with Gasteiger partial charge in [-0.25, -0.2) is 4.98 Å². The van der Waals surface area contributed by atoms with Crippen LogP contribution in [0.3, 0.4) is 0 Å².